The van der Waals surface area contributed by atoms with Gasteiger partial charge in [0.15, 0.2) is 0 Å². The summed E-state index contributed by atoms with van der Waals surface area (Å²) in [6.07, 6.45) is 6.63. The van der Waals surface area contributed by atoms with Crippen LogP contribution in [0.3, 0.4) is 0 Å². The van der Waals surface area contributed by atoms with Crippen molar-refractivity contribution in [3.8, 4) is 11.4 Å². The van der Waals surface area contributed by atoms with Gasteiger partial charge in [0.05, 0.1) is 12.8 Å². The van der Waals surface area contributed by atoms with Crippen LogP contribution in [0.15, 0.2) is 73.1 Å². The molecule has 0 bridgehead atoms. The van der Waals surface area contributed by atoms with Crippen molar-refractivity contribution < 1.29 is 14.3 Å². The van der Waals surface area contributed by atoms with E-state index in [1.807, 2.05) is 60.8 Å². The summed E-state index contributed by atoms with van der Waals surface area (Å²) >= 11 is 0. The summed E-state index contributed by atoms with van der Waals surface area (Å²) in [5.74, 6) is 0.137. The third-order valence-corrected chi connectivity index (χ3v) is 4.49. The smallest absolute Gasteiger partial charge is 0.244 e. The van der Waals surface area contributed by atoms with Gasteiger partial charge in [0, 0.05) is 25.0 Å². The molecule has 3 rings (SSSR count). The first-order valence-corrected chi connectivity index (χ1v) is 9.55. The van der Waals surface area contributed by atoms with E-state index in [1.165, 1.54) is 6.08 Å². The third kappa shape index (κ3) is 5.57. The molecule has 7 nitrogen and oxygen atoms in total. The van der Waals surface area contributed by atoms with Crippen LogP contribution in [-0.4, -0.2) is 34.7 Å². The molecule has 0 aliphatic heterocycles. The lowest BCUT2D eigenvalue weighted by Gasteiger charge is -2.15. The molecule has 2 aromatic carbocycles. The van der Waals surface area contributed by atoms with Crippen molar-refractivity contribution in [1.82, 2.24) is 20.4 Å². The Balaban J connectivity index is 1.52. The second-order valence-corrected chi connectivity index (χ2v) is 6.63. The Hall–Kier alpha value is -3.87. The lowest BCUT2D eigenvalue weighted by Crippen LogP contribution is -2.44. The van der Waals surface area contributed by atoms with E-state index in [2.05, 4.69) is 15.7 Å². The minimum Gasteiger partial charge on any atom is -0.497 e. The van der Waals surface area contributed by atoms with E-state index in [9.17, 15) is 9.59 Å². The van der Waals surface area contributed by atoms with Crippen LogP contribution in [0.5, 0.6) is 5.75 Å². The van der Waals surface area contributed by atoms with Gasteiger partial charge in [-0.1, -0.05) is 30.3 Å². The number of carbonyl (C=O) groups excluding carboxylic acids is 2. The monoisotopic (exact) mass is 404 g/mol. The molecule has 2 N–H and O–H groups in total. The molecule has 1 unspecified atom stereocenters. The number of para-hydroxylation sites is 1. The number of nitrogens with zero attached hydrogens (tertiary/aromatic N) is 2. The molecule has 1 atom stereocenters. The zero-order valence-corrected chi connectivity index (χ0v) is 16.9. The Morgan fingerprint density at radius 2 is 1.90 bits per heavy atom. The van der Waals surface area contributed by atoms with Crippen LogP contribution in [0.2, 0.25) is 0 Å². The van der Waals surface area contributed by atoms with Crippen molar-refractivity contribution in [2.75, 3.05) is 7.11 Å². The Morgan fingerprint density at radius 3 is 2.60 bits per heavy atom. The Morgan fingerprint density at radius 1 is 1.13 bits per heavy atom. The second-order valence-electron chi connectivity index (χ2n) is 6.63. The van der Waals surface area contributed by atoms with Crippen LogP contribution in [-0.2, 0) is 16.1 Å². The fraction of sp³-hybridized carbons (Fsp3) is 0.174. The van der Waals surface area contributed by atoms with E-state index in [4.69, 9.17) is 4.74 Å². The summed E-state index contributed by atoms with van der Waals surface area (Å²) in [5.41, 5.74) is 2.67. The molecular formula is C23H24N4O3. The number of methoxy groups -OCH3 is 1. The minimum absolute atomic E-state index is 0.267. The Kier molecular flexibility index (Phi) is 7.00. The molecule has 0 saturated carbocycles. The van der Waals surface area contributed by atoms with Crippen LogP contribution in [0.4, 0.5) is 0 Å². The number of carbonyl (C=O) groups is 2. The van der Waals surface area contributed by atoms with Crippen molar-refractivity contribution in [1.29, 1.82) is 0 Å². The van der Waals surface area contributed by atoms with Crippen molar-refractivity contribution in [2.24, 2.45) is 0 Å². The van der Waals surface area contributed by atoms with Crippen LogP contribution in [0.1, 0.15) is 18.1 Å². The van der Waals surface area contributed by atoms with E-state index < -0.39 is 6.04 Å². The van der Waals surface area contributed by atoms with Gasteiger partial charge in [-0.15, -0.1) is 0 Å². The van der Waals surface area contributed by atoms with Crippen molar-refractivity contribution in [3.63, 3.8) is 0 Å². The molecule has 0 saturated heterocycles. The average Bonchev–Trinajstić information content (AvgIpc) is 3.31. The number of amides is 2. The zero-order chi connectivity index (χ0) is 21.3. The summed E-state index contributed by atoms with van der Waals surface area (Å²) in [4.78, 5) is 24.5. The molecule has 2 amide bonds. The van der Waals surface area contributed by atoms with Crippen LogP contribution in [0, 0.1) is 0 Å². The highest BCUT2D eigenvalue weighted by atomic mass is 16.5. The number of ether oxygens (including phenoxy) is 1. The first-order valence-electron chi connectivity index (χ1n) is 9.55. The fourth-order valence-corrected chi connectivity index (χ4v) is 2.84. The second kappa shape index (κ2) is 10.1. The Labute approximate surface area is 175 Å². The van der Waals surface area contributed by atoms with Gasteiger partial charge in [-0.3, -0.25) is 9.59 Å². The van der Waals surface area contributed by atoms with Gasteiger partial charge in [-0.25, -0.2) is 4.68 Å². The molecule has 1 heterocycles. The molecule has 0 fully saturated rings. The molecule has 0 radical (unpaired) electrons. The largest absolute Gasteiger partial charge is 0.497 e. The standard InChI is InChI=1S/C23H24N4O3/c1-17(26-22(28)13-10-18-8-11-20(30-2)12-9-18)23(29)24-16-19-6-3-4-7-21(19)27-15-5-14-25-27/h3-15,17H,16H2,1-2H3,(H,24,29)(H,26,28)/b13-10+. The highest BCUT2D eigenvalue weighted by molar-refractivity contribution is 5.95. The van der Waals surface area contributed by atoms with Gasteiger partial charge in [0.1, 0.15) is 11.8 Å². The van der Waals surface area contributed by atoms with Crippen LogP contribution < -0.4 is 15.4 Å². The molecule has 0 aliphatic carbocycles. The maximum Gasteiger partial charge on any atom is 0.244 e. The maximum absolute atomic E-state index is 12.4. The SMILES string of the molecule is COc1ccc(/C=C/C(=O)NC(C)C(=O)NCc2ccccc2-n2cccn2)cc1. The van der Waals surface area contributed by atoms with E-state index in [0.717, 1.165) is 22.6 Å². The molecule has 30 heavy (non-hydrogen) atoms. The number of hydrogen-bond acceptors (Lipinski definition) is 4. The van der Waals surface area contributed by atoms with E-state index in [0.29, 0.717) is 6.54 Å². The van der Waals surface area contributed by atoms with Crippen LogP contribution in [0.25, 0.3) is 11.8 Å². The number of benzene rings is 2. The molecule has 3 aromatic rings. The third-order valence-electron chi connectivity index (χ3n) is 4.49. The predicted molar refractivity (Wildman–Crippen MR) is 115 cm³/mol. The first kappa shape index (κ1) is 20.9. The maximum atomic E-state index is 12.4. The molecular weight excluding hydrogens is 380 g/mol. The molecule has 154 valence electrons. The van der Waals surface area contributed by atoms with E-state index >= 15 is 0 Å². The summed E-state index contributed by atoms with van der Waals surface area (Å²) in [5, 5.41) is 9.77. The summed E-state index contributed by atoms with van der Waals surface area (Å²) < 4.78 is 6.85. The lowest BCUT2D eigenvalue weighted by molar-refractivity contribution is -0.126. The fourth-order valence-electron chi connectivity index (χ4n) is 2.84. The van der Waals surface area contributed by atoms with Gasteiger partial charge in [0.25, 0.3) is 0 Å². The number of nitrogens with one attached hydrogen (secondary N) is 2. The Bertz CT molecular complexity index is 1010. The van der Waals surface area contributed by atoms with E-state index in [-0.39, 0.29) is 11.8 Å². The molecule has 0 spiro atoms. The van der Waals surface area contributed by atoms with Crippen molar-refractivity contribution >= 4 is 17.9 Å². The molecule has 1 aromatic heterocycles. The zero-order valence-electron chi connectivity index (χ0n) is 16.9. The first-order chi connectivity index (χ1) is 14.6. The normalized spacial score (nSPS) is 11.8. The van der Waals surface area contributed by atoms with E-state index in [1.54, 1.807) is 31.0 Å². The number of aromatic nitrogens is 2. The van der Waals surface area contributed by atoms with Gasteiger partial charge in [0.2, 0.25) is 11.8 Å². The van der Waals surface area contributed by atoms with Gasteiger partial charge < -0.3 is 15.4 Å². The van der Waals surface area contributed by atoms with Gasteiger partial charge in [-0.2, -0.15) is 5.10 Å². The topological polar surface area (TPSA) is 85.2 Å². The highest BCUT2D eigenvalue weighted by Crippen LogP contribution is 2.13. The summed E-state index contributed by atoms with van der Waals surface area (Å²) in [6.45, 7) is 1.98. The van der Waals surface area contributed by atoms with Gasteiger partial charge in [-0.05, 0) is 48.4 Å². The summed E-state index contributed by atoms with van der Waals surface area (Å²) in [6, 6.07) is 16.2. The predicted octanol–water partition coefficient (Wildman–Crippen LogP) is 2.72. The molecule has 7 heteroatoms. The van der Waals surface area contributed by atoms with Gasteiger partial charge >= 0.3 is 0 Å². The number of rotatable bonds is 8. The summed E-state index contributed by atoms with van der Waals surface area (Å²) in [7, 11) is 1.60. The lowest BCUT2D eigenvalue weighted by atomic mass is 10.1. The number of hydrogen-bond donors (Lipinski definition) is 2. The minimum atomic E-state index is -0.671. The van der Waals surface area contributed by atoms with Crippen molar-refractivity contribution in [2.45, 2.75) is 19.5 Å². The van der Waals surface area contributed by atoms with Crippen molar-refractivity contribution in [3.05, 3.63) is 84.2 Å². The molecule has 0 aliphatic rings. The van der Waals surface area contributed by atoms with Crippen LogP contribution >= 0.6 is 0 Å². The average molecular weight is 404 g/mol. The quantitative estimate of drug-likeness (QED) is 0.566. The highest BCUT2D eigenvalue weighted by Gasteiger charge is 2.15.